The number of ether oxygens (including phenoxy) is 1. The highest BCUT2D eigenvalue weighted by atomic mass is 31.1. The molecule has 0 radical (unpaired) electrons. The molecule has 0 aliphatic rings. The SMILES string of the molecule is CC.CCCP(OCC)c1ccc(C(NC(=O)OC(C)(C)C)c2ccccc2)cc1. The highest BCUT2D eigenvalue weighted by Crippen LogP contribution is 2.36. The van der Waals surface area contributed by atoms with E-state index in [-0.39, 0.29) is 6.04 Å². The largest absolute Gasteiger partial charge is 0.444 e. The van der Waals surface area contributed by atoms with Gasteiger partial charge in [0.25, 0.3) is 0 Å². The van der Waals surface area contributed by atoms with Gasteiger partial charge in [-0.15, -0.1) is 0 Å². The van der Waals surface area contributed by atoms with Crippen molar-refractivity contribution in [1.29, 1.82) is 0 Å². The Morgan fingerprint density at radius 2 is 1.53 bits per heavy atom. The monoisotopic (exact) mass is 431 g/mol. The smallest absolute Gasteiger partial charge is 0.408 e. The minimum atomic E-state index is -0.589. The lowest BCUT2D eigenvalue weighted by atomic mass is 9.99. The van der Waals surface area contributed by atoms with Crippen LogP contribution in [0.4, 0.5) is 4.79 Å². The fraction of sp³-hybridized carbons (Fsp3) is 0.480. The Labute approximate surface area is 184 Å². The van der Waals surface area contributed by atoms with Crippen molar-refractivity contribution >= 4 is 19.5 Å². The van der Waals surface area contributed by atoms with Crippen molar-refractivity contribution in [1.82, 2.24) is 5.32 Å². The minimum absolute atomic E-state index is 0.269. The van der Waals surface area contributed by atoms with Gasteiger partial charge in [-0.25, -0.2) is 4.79 Å². The second-order valence-corrected chi connectivity index (χ2v) is 9.58. The summed E-state index contributed by atoms with van der Waals surface area (Å²) in [7, 11) is -0.589. The zero-order valence-electron chi connectivity index (χ0n) is 19.6. The van der Waals surface area contributed by atoms with E-state index >= 15 is 0 Å². The van der Waals surface area contributed by atoms with Crippen LogP contribution in [-0.4, -0.2) is 24.5 Å². The van der Waals surface area contributed by atoms with Crippen molar-refractivity contribution in [2.45, 2.75) is 66.5 Å². The molecule has 2 aromatic rings. The molecule has 2 rings (SSSR count). The first-order valence-electron chi connectivity index (χ1n) is 10.9. The van der Waals surface area contributed by atoms with Gasteiger partial charge in [0.1, 0.15) is 5.60 Å². The molecule has 0 heterocycles. The lowest BCUT2D eigenvalue weighted by molar-refractivity contribution is 0.0512. The fourth-order valence-electron chi connectivity index (χ4n) is 2.89. The highest BCUT2D eigenvalue weighted by Gasteiger charge is 2.22. The third-order valence-electron chi connectivity index (χ3n) is 4.02. The molecule has 0 aromatic heterocycles. The Balaban J connectivity index is 0.00000218. The van der Waals surface area contributed by atoms with Crippen molar-refractivity contribution < 1.29 is 14.1 Å². The van der Waals surface area contributed by atoms with Crippen molar-refractivity contribution in [2.24, 2.45) is 0 Å². The number of hydrogen-bond acceptors (Lipinski definition) is 3. The average Bonchev–Trinajstić information content (AvgIpc) is 2.73. The summed E-state index contributed by atoms with van der Waals surface area (Å²) in [5.41, 5.74) is 1.49. The van der Waals surface area contributed by atoms with Gasteiger partial charge < -0.3 is 14.6 Å². The van der Waals surface area contributed by atoms with Crippen molar-refractivity contribution in [2.75, 3.05) is 12.8 Å². The van der Waals surface area contributed by atoms with Crippen LogP contribution in [0.2, 0.25) is 0 Å². The first-order valence-corrected chi connectivity index (χ1v) is 12.3. The van der Waals surface area contributed by atoms with Crippen molar-refractivity contribution in [3.05, 3.63) is 65.7 Å². The summed E-state index contributed by atoms with van der Waals surface area (Å²) in [6, 6.07) is 18.1. The van der Waals surface area contributed by atoms with Gasteiger partial charge in [-0.1, -0.05) is 75.4 Å². The number of hydrogen-bond donors (Lipinski definition) is 1. The number of amides is 1. The van der Waals surface area contributed by atoms with Crippen LogP contribution in [0.15, 0.2) is 54.6 Å². The van der Waals surface area contributed by atoms with Crippen molar-refractivity contribution in [3.8, 4) is 0 Å². The first kappa shape index (κ1) is 26.1. The van der Waals surface area contributed by atoms with Crippen LogP contribution < -0.4 is 10.6 Å². The van der Waals surface area contributed by atoms with E-state index in [4.69, 9.17) is 9.26 Å². The topological polar surface area (TPSA) is 47.6 Å². The van der Waals surface area contributed by atoms with E-state index in [1.807, 2.05) is 71.9 Å². The maximum absolute atomic E-state index is 12.4. The quantitative estimate of drug-likeness (QED) is 0.468. The summed E-state index contributed by atoms with van der Waals surface area (Å²) in [4.78, 5) is 12.4. The molecule has 2 atom stereocenters. The molecule has 2 unspecified atom stereocenters. The third kappa shape index (κ3) is 8.85. The molecule has 0 spiro atoms. The molecule has 1 N–H and O–H groups in total. The van der Waals surface area contributed by atoms with Gasteiger partial charge in [0.15, 0.2) is 0 Å². The van der Waals surface area contributed by atoms with E-state index in [0.717, 1.165) is 30.3 Å². The Morgan fingerprint density at radius 3 is 2.03 bits per heavy atom. The van der Waals surface area contributed by atoms with Crippen LogP contribution >= 0.6 is 8.15 Å². The molecular formula is C25H38NO3P. The maximum atomic E-state index is 12.4. The maximum Gasteiger partial charge on any atom is 0.408 e. The zero-order chi connectivity index (χ0) is 22.6. The van der Waals surface area contributed by atoms with E-state index in [0.29, 0.717) is 0 Å². The average molecular weight is 432 g/mol. The van der Waals surface area contributed by atoms with Gasteiger partial charge in [0.05, 0.1) is 14.2 Å². The van der Waals surface area contributed by atoms with Gasteiger partial charge >= 0.3 is 6.09 Å². The number of rotatable bonds is 8. The van der Waals surface area contributed by atoms with E-state index in [9.17, 15) is 4.79 Å². The van der Waals surface area contributed by atoms with Gasteiger partial charge in [-0.3, -0.25) is 0 Å². The van der Waals surface area contributed by atoms with E-state index in [2.05, 4.69) is 36.5 Å². The Hall–Kier alpha value is -1.90. The molecule has 0 bridgehead atoms. The van der Waals surface area contributed by atoms with Crippen LogP contribution in [0.25, 0.3) is 0 Å². The molecule has 30 heavy (non-hydrogen) atoms. The predicted octanol–water partition coefficient (Wildman–Crippen LogP) is 6.80. The summed E-state index contributed by atoms with van der Waals surface area (Å²) in [5.74, 6) is 0. The van der Waals surface area contributed by atoms with Crippen LogP contribution in [-0.2, 0) is 9.26 Å². The number of benzene rings is 2. The van der Waals surface area contributed by atoms with Crippen LogP contribution in [0, 0.1) is 0 Å². The fourth-order valence-corrected chi connectivity index (χ4v) is 4.63. The summed E-state index contributed by atoms with van der Waals surface area (Å²) in [6.07, 6.45) is 1.73. The van der Waals surface area contributed by atoms with Crippen molar-refractivity contribution in [3.63, 3.8) is 0 Å². The zero-order valence-corrected chi connectivity index (χ0v) is 20.5. The number of carbonyl (C=O) groups is 1. The van der Waals surface area contributed by atoms with Gasteiger partial charge in [0.2, 0.25) is 0 Å². The summed E-state index contributed by atoms with van der Waals surface area (Å²) < 4.78 is 11.4. The van der Waals surface area contributed by atoms with Crippen LogP contribution in [0.1, 0.15) is 72.1 Å². The molecule has 0 fully saturated rings. The van der Waals surface area contributed by atoms with Gasteiger partial charge in [-0.2, -0.15) is 0 Å². The Morgan fingerprint density at radius 1 is 0.967 bits per heavy atom. The lowest BCUT2D eigenvalue weighted by Crippen LogP contribution is -2.35. The molecule has 5 heteroatoms. The van der Waals surface area contributed by atoms with Gasteiger partial charge in [-0.05, 0) is 51.4 Å². The number of alkyl carbamates (subject to hydrolysis) is 1. The molecule has 0 saturated heterocycles. The Bertz CT molecular complexity index is 720. The molecule has 0 saturated carbocycles. The second-order valence-electron chi connectivity index (χ2n) is 7.60. The molecule has 2 aromatic carbocycles. The predicted molar refractivity (Wildman–Crippen MR) is 129 cm³/mol. The summed E-state index contributed by atoms with van der Waals surface area (Å²) in [6.45, 7) is 14.5. The second kappa shape index (κ2) is 13.4. The lowest BCUT2D eigenvalue weighted by Gasteiger charge is -2.25. The molecule has 166 valence electrons. The summed E-state index contributed by atoms with van der Waals surface area (Å²) in [5, 5.41) is 4.25. The standard InChI is InChI=1S/C23H32NO3P.C2H6/c1-6-17-28(26-7-2)20-15-13-19(14-16-20)21(18-11-9-8-10-12-18)24-22(25)27-23(3,4)5;1-2/h8-16,21H,6-7,17H2,1-5H3,(H,24,25);1-2H3. The third-order valence-corrected chi connectivity index (χ3v) is 6.32. The summed E-state index contributed by atoms with van der Waals surface area (Å²) >= 11 is 0. The first-order chi connectivity index (χ1) is 14.3. The minimum Gasteiger partial charge on any atom is -0.444 e. The number of nitrogens with one attached hydrogen (secondary N) is 1. The molecule has 4 nitrogen and oxygen atoms in total. The molecular weight excluding hydrogens is 393 g/mol. The molecule has 1 amide bonds. The molecule has 0 aliphatic carbocycles. The Kier molecular flexibility index (Phi) is 11.7. The number of carbonyl (C=O) groups excluding carboxylic acids is 1. The normalized spacial score (nSPS) is 12.9. The highest BCUT2D eigenvalue weighted by molar-refractivity contribution is 7.60. The van der Waals surface area contributed by atoms with Crippen LogP contribution in [0.5, 0.6) is 0 Å². The van der Waals surface area contributed by atoms with Crippen LogP contribution in [0.3, 0.4) is 0 Å². The van der Waals surface area contributed by atoms with E-state index < -0.39 is 19.8 Å². The molecule has 0 aliphatic heterocycles. The van der Waals surface area contributed by atoms with E-state index in [1.54, 1.807) is 0 Å². The van der Waals surface area contributed by atoms with Gasteiger partial charge in [0, 0.05) is 11.9 Å². The van der Waals surface area contributed by atoms with E-state index in [1.165, 1.54) is 5.30 Å².